The largest absolute Gasteiger partial charge is 0.383 e. The smallest absolute Gasteiger partial charge is 0.292 e. The molecule has 0 amide bonds. The van der Waals surface area contributed by atoms with Gasteiger partial charge in [0.2, 0.25) is 0 Å². The molecule has 1 aromatic carbocycles. The van der Waals surface area contributed by atoms with Crippen LogP contribution in [-0.4, -0.2) is 31.3 Å². The van der Waals surface area contributed by atoms with Crippen molar-refractivity contribution >= 4 is 11.4 Å². The number of ether oxygens (including phenoxy) is 2. The molecular formula is C14H20N2O4. The number of rotatable bonds is 6. The standard InChI is InChI=1S/C14H20N2O4/c1-15-13-8-11(5-6-14(13)16(17)18)9-19-10-12-4-2-3-7-20-12/h5-6,8,12,15H,2-4,7,9-10H2,1H3. The zero-order valence-electron chi connectivity index (χ0n) is 11.6. The van der Waals surface area contributed by atoms with Gasteiger partial charge in [-0.15, -0.1) is 0 Å². The highest BCUT2D eigenvalue weighted by Crippen LogP contribution is 2.25. The predicted molar refractivity (Wildman–Crippen MR) is 75.9 cm³/mol. The molecule has 0 saturated carbocycles. The van der Waals surface area contributed by atoms with E-state index in [4.69, 9.17) is 9.47 Å². The average molecular weight is 280 g/mol. The Labute approximate surface area is 118 Å². The quantitative estimate of drug-likeness (QED) is 0.640. The fourth-order valence-electron chi connectivity index (χ4n) is 2.28. The number of benzene rings is 1. The monoisotopic (exact) mass is 280 g/mol. The number of nitro benzene ring substituents is 1. The zero-order valence-corrected chi connectivity index (χ0v) is 11.6. The van der Waals surface area contributed by atoms with Gasteiger partial charge in [-0.3, -0.25) is 10.1 Å². The molecule has 1 aromatic rings. The summed E-state index contributed by atoms with van der Waals surface area (Å²) in [5.74, 6) is 0. The van der Waals surface area contributed by atoms with Crippen molar-refractivity contribution in [3.05, 3.63) is 33.9 Å². The lowest BCUT2D eigenvalue weighted by Gasteiger charge is -2.22. The van der Waals surface area contributed by atoms with Gasteiger partial charge in [-0.1, -0.05) is 0 Å². The van der Waals surface area contributed by atoms with Crippen LogP contribution in [0.15, 0.2) is 18.2 Å². The van der Waals surface area contributed by atoms with Crippen LogP contribution >= 0.6 is 0 Å². The van der Waals surface area contributed by atoms with Crippen molar-refractivity contribution in [3.63, 3.8) is 0 Å². The molecule has 6 nitrogen and oxygen atoms in total. The number of nitro groups is 1. The molecule has 0 bridgehead atoms. The Hall–Kier alpha value is -1.66. The van der Waals surface area contributed by atoms with E-state index in [1.807, 2.05) is 0 Å². The molecule has 0 spiro atoms. The molecule has 2 rings (SSSR count). The van der Waals surface area contributed by atoms with Crippen LogP contribution in [-0.2, 0) is 16.1 Å². The molecule has 110 valence electrons. The van der Waals surface area contributed by atoms with E-state index in [1.54, 1.807) is 19.2 Å². The van der Waals surface area contributed by atoms with Crippen molar-refractivity contribution in [2.45, 2.75) is 32.0 Å². The number of anilines is 1. The Bertz CT molecular complexity index is 458. The molecule has 1 atom stereocenters. The molecule has 1 aliphatic rings. The van der Waals surface area contributed by atoms with E-state index in [2.05, 4.69) is 5.32 Å². The molecule has 20 heavy (non-hydrogen) atoms. The van der Waals surface area contributed by atoms with Crippen LogP contribution in [0.1, 0.15) is 24.8 Å². The maximum Gasteiger partial charge on any atom is 0.292 e. The minimum atomic E-state index is -0.396. The molecule has 0 radical (unpaired) electrons. The van der Waals surface area contributed by atoms with Gasteiger partial charge in [-0.25, -0.2) is 0 Å². The zero-order chi connectivity index (χ0) is 14.4. The van der Waals surface area contributed by atoms with Gasteiger partial charge in [-0.2, -0.15) is 0 Å². The van der Waals surface area contributed by atoms with Crippen LogP contribution in [0.2, 0.25) is 0 Å². The third-order valence-electron chi connectivity index (χ3n) is 3.37. The Kier molecular flexibility index (Phi) is 5.31. The molecule has 1 aliphatic heterocycles. The van der Waals surface area contributed by atoms with E-state index in [0.717, 1.165) is 25.0 Å². The maximum absolute atomic E-state index is 10.8. The minimum Gasteiger partial charge on any atom is -0.383 e. The summed E-state index contributed by atoms with van der Waals surface area (Å²) in [6.07, 6.45) is 3.55. The van der Waals surface area contributed by atoms with Crippen molar-refractivity contribution in [2.75, 3.05) is 25.6 Å². The first-order valence-electron chi connectivity index (χ1n) is 6.85. The molecular weight excluding hydrogens is 260 g/mol. The molecule has 1 N–H and O–H groups in total. The fraction of sp³-hybridized carbons (Fsp3) is 0.571. The van der Waals surface area contributed by atoms with Gasteiger partial charge >= 0.3 is 0 Å². The van der Waals surface area contributed by atoms with Crippen LogP contribution in [0.3, 0.4) is 0 Å². The van der Waals surface area contributed by atoms with Crippen LogP contribution in [0, 0.1) is 10.1 Å². The maximum atomic E-state index is 10.8. The first-order valence-corrected chi connectivity index (χ1v) is 6.85. The summed E-state index contributed by atoms with van der Waals surface area (Å²) in [5, 5.41) is 13.7. The van der Waals surface area contributed by atoms with Crippen LogP contribution in [0.25, 0.3) is 0 Å². The first kappa shape index (κ1) is 14.7. The Morgan fingerprint density at radius 2 is 2.35 bits per heavy atom. The lowest BCUT2D eigenvalue weighted by atomic mass is 10.1. The average Bonchev–Trinajstić information content (AvgIpc) is 2.48. The highest BCUT2D eigenvalue weighted by atomic mass is 16.6. The van der Waals surface area contributed by atoms with Gasteiger partial charge in [0.05, 0.1) is 24.2 Å². The SMILES string of the molecule is CNc1cc(COCC2CCCCO2)ccc1[N+](=O)[O-]. The molecule has 1 saturated heterocycles. The van der Waals surface area contributed by atoms with Crippen molar-refractivity contribution in [1.29, 1.82) is 0 Å². The summed E-state index contributed by atoms with van der Waals surface area (Å²) in [5.41, 5.74) is 1.49. The van der Waals surface area contributed by atoms with Gasteiger partial charge < -0.3 is 14.8 Å². The first-order chi connectivity index (χ1) is 9.70. The van der Waals surface area contributed by atoms with Gasteiger partial charge in [0.1, 0.15) is 5.69 Å². The molecule has 6 heteroatoms. The van der Waals surface area contributed by atoms with Crippen molar-refractivity contribution in [1.82, 2.24) is 0 Å². The summed E-state index contributed by atoms with van der Waals surface area (Å²) in [7, 11) is 1.67. The predicted octanol–water partition coefficient (Wildman–Crippen LogP) is 2.72. The summed E-state index contributed by atoms with van der Waals surface area (Å²) in [4.78, 5) is 10.4. The number of hydrogen-bond acceptors (Lipinski definition) is 5. The lowest BCUT2D eigenvalue weighted by molar-refractivity contribution is -0.384. The number of nitrogens with zero attached hydrogens (tertiary/aromatic N) is 1. The highest BCUT2D eigenvalue weighted by molar-refractivity contribution is 5.62. The highest BCUT2D eigenvalue weighted by Gasteiger charge is 2.15. The van der Waals surface area contributed by atoms with E-state index >= 15 is 0 Å². The second-order valence-electron chi connectivity index (χ2n) is 4.86. The van der Waals surface area contributed by atoms with E-state index in [0.29, 0.717) is 18.9 Å². The topological polar surface area (TPSA) is 73.6 Å². The Balaban J connectivity index is 1.87. The number of nitrogens with one attached hydrogen (secondary N) is 1. The lowest BCUT2D eigenvalue weighted by Crippen LogP contribution is -2.24. The van der Waals surface area contributed by atoms with Crippen LogP contribution in [0.5, 0.6) is 0 Å². The van der Waals surface area contributed by atoms with E-state index in [1.165, 1.54) is 12.5 Å². The van der Waals surface area contributed by atoms with Crippen LogP contribution < -0.4 is 5.32 Å². The second-order valence-corrected chi connectivity index (χ2v) is 4.86. The molecule has 1 fully saturated rings. The van der Waals surface area contributed by atoms with Crippen molar-refractivity contribution < 1.29 is 14.4 Å². The Morgan fingerprint density at radius 1 is 1.50 bits per heavy atom. The summed E-state index contributed by atoms with van der Waals surface area (Å²) < 4.78 is 11.2. The summed E-state index contributed by atoms with van der Waals surface area (Å²) >= 11 is 0. The third-order valence-corrected chi connectivity index (χ3v) is 3.37. The molecule has 0 aromatic heterocycles. The van der Waals surface area contributed by atoms with Crippen molar-refractivity contribution in [2.24, 2.45) is 0 Å². The van der Waals surface area contributed by atoms with Gasteiger partial charge in [-0.05, 0) is 37.0 Å². The third kappa shape index (κ3) is 3.91. The normalized spacial score (nSPS) is 18.8. The Morgan fingerprint density at radius 3 is 3.00 bits per heavy atom. The van der Waals surface area contributed by atoms with E-state index in [9.17, 15) is 10.1 Å². The summed E-state index contributed by atoms with van der Waals surface area (Å²) in [6.45, 7) is 1.83. The fourth-order valence-corrected chi connectivity index (χ4v) is 2.28. The van der Waals surface area contributed by atoms with Gasteiger partial charge in [0.25, 0.3) is 5.69 Å². The number of hydrogen-bond donors (Lipinski definition) is 1. The van der Waals surface area contributed by atoms with Gasteiger partial charge in [0.15, 0.2) is 0 Å². The van der Waals surface area contributed by atoms with Crippen molar-refractivity contribution in [3.8, 4) is 0 Å². The second kappa shape index (κ2) is 7.21. The van der Waals surface area contributed by atoms with Crippen LogP contribution in [0.4, 0.5) is 11.4 Å². The summed E-state index contributed by atoms with van der Waals surface area (Å²) in [6, 6.07) is 4.97. The minimum absolute atomic E-state index is 0.0758. The van der Waals surface area contributed by atoms with E-state index < -0.39 is 4.92 Å². The molecule has 1 heterocycles. The van der Waals surface area contributed by atoms with Gasteiger partial charge in [0, 0.05) is 19.7 Å². The molecule has 0 aliphatic carbocycles. The molecule has 1 unspecified atom stereocenters. The van der Waals surface area contributed by atoms with E-state index in [-0.39, 0.29) is 11.8 Å².